The summed E-state index contributed by atoms with van der Waals surface area (Å²) in [5, 5.41) is 0.730. The van der Waals surface area contributed by atoms with E-state index in [1.165, 1.54) is 0 Å². The van der Waals surface area contributed by atoms with Gasteiger partial charge in [0.1, 0.15) is 0 Å². The molecule has 3 nitrogen and oxygen atoms in total. The van der Waals surface area contributed by atoms with Crippen LogP contribution in [-0.4, -0.2) is 30.7 Å². The highest BCUT2D eigenvalue weighted by Gasteiger charge is 2.44. The highest BCUT2D eigenvalue weighted by Crippen LogP contribution is 2.39. The molecule has 3 rings (SSSR count). The average Bonchev–Trinajstić information content (AvgIpc) is 2.89. The highest BCUT2D eigenvalue weighted by atomic mass is 35.5. The molecule has 1 aromatic carbocycles. The minimum Gasteiger partial charge on any atom is -0.342 e. The Balaban J connectivity index is 0.000000637. The Morgan fingerprint density at radius 2 is 1.95 bits per heavy atom. The summed E-state index contributed by atoms with van der Waals surface area (Å²) in [4.78, 5) is 2.09. The monoisotopic (exact) mass is 301 g/mol. The molecular formula is C14H17Cl2NO2. The Kier molecular flexibility index (Phi) is 4.87. The summed E-state index contributed by atoms with van der Waals surface area (Å²) in [6.07, 6.45) is 0. The lowest BCUT2D eigenvalue weighted by Gasteiger charge is -2.39. The molecule has 0 unspecified atom stereocenters. The van der Waals surface area contributed by atoms with Gasteiger partial charge in [0.05, 0.1) is 25.8 Å². The molecule has 0 aromatic heterocycles. The SMILES string of the molecule is C=C.ClCN1Cc2cc(Cl)ccc2C2(C1)OCCO2. The summed E-state index contributed by atoms with van der Waals surface area (Å²) < 4.78 is 11.6. The predicted molar refractivity (Wildman–Crippen MR) is 77.4 cm³/mol. The van der Waals surface area contributed by atoms with Gasteiger partial charge in [0.25, 0.3) is 0 Å². The molecule has 5 heteroatoms. The summed E-state index contributed by atoms with van der Waals surface area (Å²) >= 11 is 12.0. The second kappa shape index (κ2) is 6.25. The largest absolute Gasteiger partial charge is 0.342 e. The Labute approximate surface area is 123 Å². The molecule has 0 N–H and O–H groups in total. The number of nitrogens with zero attached hydrogens (tertiary/aromatic N) is 1. The van der Waals surface area contributed by atoms with Crippen molar-refractivity contribution in [2.24, 2.45) is 0 Å². The van der Waals surface area contributed by atoms with E-state index in [0.717, 1.165) is 22.7 Å². The van der Waals surface area contributed by atoms with E-state index in [9.17, 15) is 0 Å². The van der Waals surface area contributed by atoms with Crippen molar-refractivity contribution in [2.45, 2.75) is 12.3 Å². The van der Waals surface area contributed by atoms with E-state index >= 15 is 0 Å². The molecular weight excluding hydrogens is 285 g/mol. The summed E-state index contributed by atoms with van der Waals surface area (Å²) in [6, 6.07) is 6.29. The van der Waals surface area contributed by atoms with E-state index < -0.39 is 5.79 Å². The quantitative estimate of drug-likeness (QED) is 0.451. The van der Waals surface area contributed by atoms with Gasteiger partial charge in [-0.15, -0.1) is 24.8 Å². The number of alkyl halides is 1. The van der Waals surface area contributed by atoms with Gasteiger partial charge in [-0.25, -0.2) is 0 Å². The molecule has 1 spiro atoms. The minimum atomic E-state index is -0.646. The minimum absolute atomic E-state index is 0.459. The van der Waals surface area contributed by atoms with Crippen LogP contribution < -0.4 is 0 Å². The van der Waals surface area contributed by atoms with Gasteiger partial charge >= 0.3 is 0 Å². The molecule has 0 amide bonds. The van der Waals surface area contributed by atoms with Crippen molar-refractivity contribution in [1.82, 2.24) is 4.90 Å². The molecule has 0 atom stereocenters. The van der Waals surface area contributed by atoms with Crippen LogP contribution in [0.3, 0.4) is 0 Å². The van der Waals surface area contributed by atoms with Crippen LogP contribution in [0.1, 0.15) is 11.1 Å². The number of hydrogen-bond donors (Lipinski definition) is 0. The molecule has 1 aromatic rings. The molecule has 0 aliphatic carbocycles. The van der Waals surface area contributed by atoms with Crippen LogP contribution in [0.15, 0.2) is 31.4 Å². The van der Waals surface area contributed by atoms with Crippen molar-refractivity contribution in [1.29, 1.82) is 0 Å². The van der Waals surface area contributed by atoms with E-state index in [0.29, 0.717) is 25.8 Å². The number of fused-ring (bicyclic) bond motifs is 2. The number of ether oxygens (including phenoxy) is 2. The van der Waals surface area contributed by atoms with Gasteiger partial charge in [-0.3, -0.25) is 4.90 Å². The van der Waals surface area contributed by atoms with Gasteiger partial charge < -0.3 is 9.47 Å². The molecule has 0 bridgehead atoms. The first-order valence-electron chi connectivity index (χ1n) is 6.09. The molecule has 19 heavy (non-hydrogen) atoms. The maximum atomic E-state index is 6.03. The fourth-order valence-corrected chi connectivity index (χ4v) is 2.89. The topological polar surface area (TPSA) is 21.7 Å². The van der Waals surface area contributed by atoms with Crippen LogP contribution >= 0.6 is 23.2 Å². The summed E-state index contributed by atoms with van der Waals surface area (Å²) in [7, 11) is 0. The van der Waals surface area contributed by atoms with E-state index in [-0.39, 0.29) is 0 Å². The van der Waals surface area contributed by atoms with Crippen molar-refractivity contribution < 1.29 is 9.47 Å². The third kappa shape index (κ3) is 2.81. The maximum Gasteiger partial charge on any atom is 0.208 e. The fraction of sp³-hybridized carbons (Fsp3) is 0.429. The number of halogens is 2. The molecule has 1 saturated heterocycles. The summed E-state index contributed by atoms with van der Waals surface area (Å²) in [5.74, 6) is -0.646. The van der Waals surface area contributed by atoms with Gasteiger partial charge in [-0.05, 0) is 17.7 Å². The van der Waals surface area contributed by atoms with Crippen LogP contribution in [0.2, 0.25) is 5.02 Å². The highest BCUT2D eigenvalue weighted by molar-refractivity contribution is 6.30. The van der Waals surface area contributed by atoms with Crippen molar-refractivity contribution in [3.05, 3.63) is 47.5 Å². The molecule has 0 radical (unpaired) electrons. The van der Waals surface area contributed by atoms with Gasteiger partial charge in [0.15, 0.2) is 0 Å². The van der Waals surface area contributed by atoms with Crippen molar-refractivity contribution >= 4 is 23.2 Å². The zero-order valence-electron chi connectivity index (χ0n) is 10.7. The van der Waals surface area contributed by atoms with Crippen molar-refractivity contribution in [3.63, 3.8) is 0 Å². The Hall–Kier alpha value is -0.580. The number of benzene rings is 1. The first-order valence-corrected chi connectivity index (χ1v) is 7.00. The second-order valence-electron chi connectivity index (χ2n) is 4.36. The molecule has 1 fully saturated rings. The Bertz CT molecular complexity index is 447. The van der Waals surface area contributed by atoms with Gasteiger partial charge in [0, 0.05) is 17.1 Å². The second-order valence-corrected chi connectivity index (χ2v) is 5.03. The van der Waals surface area contributed by atoms with E-state index in [2.05, 4.69) is 18.1 Å². The third-order valence-corrected chi connectivity index (χ3v) is 3.80. The number of rotatable bonds is 1. The van der Waals surface area contributed by atoms with Gasteiger partial charge in [-0.2, -0.15) is 0 Å². The molecule has 0 saturated carbocycles. The lowest BCUT2D eigenvalue weighted by molar-refractivity contribution is -0.185. The Morgan fingerprint density at radius 1 is 1.26 bits per heavy atom. The third-order valence-electron chi connectivity index (χ3n) is 3.23. The smallest absolute Gasteiger partial charge is 0.208 e. The molecule has 2 aliphatic rings. The van der Waals surface area contributed by atoms with Crippen molar-refractivity contribution in [3.8, 4) is 0 Å². The normalized spacial score (nSPS) is 20.7. The average molecular weight is 302 g/mol. The first kappa shape index (κ1) is 14.8. The van der Waals surface area contributed by atoms with E-state index in [1.807, 2.05) is 18.2 Å². The number of hydrogen-bond acceptors (Lipinski definition) is 3. The van der Waals surface area contributed by atoms with E-state index in [1.54, 1.807) is 0 Å². The summed E-state index contributed by atoms with van der Waals surface area (Å²) in [5.41, 5.74) is 2.21. The maximum absolute atomic E-state index is 6.03. The molecule has 2 heterocycles. The van der Waals surface area contributed by atoms with Crippen molar-refractivity contribution in [2.75, 3.05) is 25.8 Å². The van der Waals surface area contributed by atoms with Crippen LogP contribution in [0.5, 0.6) is 0 Å². The molecule has 2 aliphatic heterocycles. The van der Waals surface area contributed by atoms with Crippen LogP contribution in [0.25, 0.3) is 0 Å². The molecule has 104 valence electrons. The van der Waals surface area contributed by atoms with Gasteiger partial charge in [-0.1, -0.05) is 17.7 Å². The zero-order valence-corrected chi connectivity index (χ0v) is 12.2. The first-order chi connectivity index (χ1) is 9.23. The fourth-order valence-electron chi connectivity index (χ4n) is 2.53. The van der Waals surface area contributed by atoms with Gasteiger partial charge in [0.2, 0.25) is 5.79 Å². The van der Waals surface area contributed by atoms with Crippen LogP contribution in [-0.2, 0) is 21.8 Å². The predicted octanol–water partition coefficient (Wildman–Crippen LogP) is 3.35. The van der Waals surface area contributed by atoms with E-state index in [4.69, 9.17) is 32.7 Å². The van der Waals surface area contributed by atoms with Crippen LogP contribution in [0, 0.1) is 0 Å². The van der Waals surface area contributed by atoms with Crippen LogP contribution in [0.4, 0.5) is 0 Å². The lowest BCUT2D eigenvalue weighted by atomic mass is 9.94. The lowest BCUT2D eigenvalue weighted by Crippen LogP contribution is -2.46. The summed E-state index contributed by atoms with van der Waals surface area (Å²) in [6.45, 7) is 8.70. The Morgan fingerprint density at radius 3 is 2.58 bits per heavy atom. The zero-order chi connectivity index (χ0) is 13.9. The standard InChI is InChI=1S/C12H13Cl2NO2.C2H4/c13-8-15-6-9-5-10(14)1-2-11(9)12(7-15)16-3-4-17-12;1-2/h1-2,5H,3-4,6-8H2;1-2H2.